The molecule has 0 unspecified atom stereocenters. The molecular formula is C15H15BrClN3O. The number of rotatable bonds is 3. The van der Waals surface area contributed by atoms with Crippen molar-refractivity contribution >= 4 is 39.1 Å². The minimum Gasteiger partial charge on any atom is -0.320 e. The lowest BCUT2D eigenvalue weighted by atomic mass is 10.1. The molecule has 1 N–H and O–H groups in total. The number of aromatic nitrogens is 2. The second-order valence-electron chi connectivity index (χ2n) is 4.98. The van der Waals surface area contributed by atoms with E-state index in [9.17, 15) is 4.79 Å². The first kappa shape index (κ1) is 15.9. The maximum Gasteiger partial charge on any atom is 0.255 e. The third-order valence-corrected chi connectivity index (χ3v) is 3.60. The Labute approximate surface area is 137 Å². The molecule has 0 spiro atoms. The monoisotopic (exact) mass is 367 g/mol. The van der Waals surface area contributed by atoms with E-state index in [2.05, 4.69) is 31.2 Å². The second-order valence-corrected chi connectivity index (χ2v) is 6.18. The molecule has 110 valence electrons. The number of anilines is 1. The first-order chi connectivity index (χ1) is 9.86. The number of hydrogen-bond donors (Lipinski definition) is 1. The molecule has 0 bridgehead atoms. The van der Waals surface area contributed by atoms with Gasteiger partial charge in [0.05, 0.1) is 11.4 Å². The number of halogens is 2. The number of nitrogens with one attached hydrogen (secondary N) is 1. The van der Waals surface area contributed by atoms with Crippen molar-refractivity contribution in [2.75, 3.05) is 5.32 Å². The van der Waals surface area contributed by atoms with Crippen LogP contribution >= 0.6 is 27.5 Å². The summed E-state index contributed by atoms with van der Waals surface area (Å²) in [4.78, 5) is 20.8. The van der Waals surface area contributed by atoms with Gasteiger partial charge in [-0.05, 0) is 53.0 Å². The molecular weight excluding hydrogens is 354 g/mol. The number of pyridine rings is 2. The Morgan fingerprint density at radius 3 is 2.62 bits per heavy atom. The highest BCUT2D eigenvalue weighted by atomic mass is 79.9. The molecule has 0 aromatic carbocycles. The van der Waals surface area contributed by atoms with E-state index in [1.165, 1.54) is 0 Å². The summed E-state index contributed by atoms with van der Waals surface area (Å²) in [5.41, 5.74) is 2.68. The predicted molar refractivity (Wildman–Crippen MR) is 88.0 cm³/mol. The summed E-state index contributed by atoms with van der Waals surface area (Å²) in [6.45, 7) is 5.84. The molecule has 1 amide bonds. The lowest BCUT2D eigenvalue weighted by Gasteiger charge is -2.10. The van der Waals surface area contributed by atoms with Crippen LogP contribution in [0, 0.1) is 6.92 Å². The second kappa shape index (κ2) is 6.54. The Bertz CT molecular complexity index is 689. The van der Waals surface area contributed by atoms with Crippen molar-refractivity contribution < 1.29 is 4.79 Å². The summed E-state index contributed by atoms with van der Waals surface area (Å²) >= 11 is 9.28. The number of carbonyl (C=O) groups is 1. The molecule has 21 heavy (non-hydrogen) atoms. The van der Waals surface area contributed by atoms with Crippen LogP contribution in [0.15, 0.2) is 28.9 Å². The molecule has 0 aliphatic rings. The van der Waals surface area contributed by atoms with Crippen molar-refractivity contribution in [3.8, 4) is 0 Å². The van der Waals surface area contributed by atoms with Crippen LogP contribution in [-0.2, 0) is 0 Å². The first-order valence-corrected chi connectivity index (χ1v) is 7.66. The van der Waals surface area contributed by atoms with Crippen molar-refractivity contribution in [3.63, 3.8) is 0 Å². The van der Waals surface area contributed by atoms with Crippen LogP contribution in [0.3, 0.4) is 0 Å². The minimum atomic E-state index is -0.228. The largest absolute Gasteiger partial charge is 0.320 e. The molecule has 0 atom stereocenters. The standard InChI is InChI=1S/C15H15BrClN3O/c1-8(2)12-6-10(7-14(17)19-12)15(21)20-11-4-5-13(16)18-9(11)3/h4-8H,1-3H3,(H,20,21). The van der Waals surface area contributed by atoms with Gasteiger partial charge in [0, 0.05) is 11.3 Å². The summed E-state index contributed by atoms with van der Waals surface area (Å²) in [5.74, 6) is -0.0280. The lowest BCUT2D eigenvalue weighted by Crippen LogP contribution is -2.14. The topological polar surface area (TPSA) is 54.9 Å². The Hall–Kier alpha value is -1.46. The van der Waals surface area contributed by atoms with Crippen LogP contribution < -0.4 is 5.32 Å². The average Bonchev–Trinajstić information content (AvgIpc) is 2.41. The summed E-state index contributed by atoms with van der Waals surface area (Å²) < 4.78 is 0.729. The van der Waals surface area contributed by atoms with Crippen molar-refractivity contribution in [1.29, 1.82) is 0 Å². The fraction of sp³-hybridized carbons (Fsp3) is 0.267. The quantitative estimate of drug-likeness (QED) is 0.807. The number of carbonyl (C=O) groups excluding carboxylic acids is 1. The fourth-order valence-corrected chi connectivity index (χ4v) is 2.41. The number of hydrogen-bond acceptors (Lipinski definition) is 3. The van der Waals surface area contributed by atoms with Crippen LogP contribution in [0.5, 0.6) is 0 Å². The molecule has 0 aliphatic heterocycles. The van der Waals surface area contributed by atoms with E-state index < -0.39 is 0 Å². The van der Waals surface area contributed by atoms with Crippen LogP contribution in [0.25, 0.3) is 0 Å². The van der Waals surface area contributed by atoms with E-state index in [0.717, 1.165) is 16.0 Å². The van der Waals surface area contributed by atoms with E-state index in [-0.39, 0.29) is 11.8 Å². The molecule has 0 saturated heterocycles. The Kier molecular flexibility index (Phi) is 4.96. The van der Waals surface area contributed by atoms with Crippen molar-refractivity contribution in [2.24, 2.45) is 0 Å². The maximum atomic E-state index is 12.3. The van der Waals surface area contributed by atoms with Gasteiger partial charge in [0.15, 0.2) is 0 Å². The van der Waals surface area contributed by atoms with Gasteiger partial charge in [0.2, 0.25) is 0 Å². The first-order valence-electron chi connectivity index (χ1n) is 6.49. The molecule has 2 heterocycles. The smallest absolute Gasteiger partial charge is 0.255 e. The molecule has 0 fully saturated rings. The van der Waals surface area contributed by atoms with Crippen molar-refractivity contribution in [3.05, 3.63) is 51.0 Å². The highest BCUT2D eigenvalue weighted by Crippen LogP contribution is 2.20. The van der Waals surface area contributed by atoms with Gasteiger partial charge >= 0.3 is 0 Å². The van der Waals surface area contributed by atoms with Crippen LogP contribution in [0.1, 0.15) is 41.5 Å². The third-order valence-electron chi connectivity index (χ3n) is 2.97. The molecule has 2 aromatic rings. The summed E-state index contributed by atoms with van der Waals surface area (Å²) in [6.07, 6.45) is 0. The molecule has 6 heteroatoms. The lowest BCUT2D eigenvalue weighted by molar-refractivity contribution is 0.102. The van der Waals surface area contributed by atoms with Gasteiger partial charge in [-0.25, -0.2) is 9.97 Å². The van der Waals surface area contributed by atoms with E-state index >= 15 is 0 Å². The van der Waals surface area contributed by atoms with Gasteiger partial charge in [-0.3, -0.25) is 4.79 Å². The SMILES string of the molecule is Cc1nc(Br)ccc1NC(=O)c1cc(Cl)nc(C(C)C)c1. The highest BCUT2D eigenvalue weighted by molar-refractivity contribution is 9.10. The third kappa shape index (κ3) is 4.02. The van der Waals surface area contributed by atoms with E-state index in [1.54, 1.807) is 24.3 Å². The zero-order valence-electron chi connectivity index (χ0n) is 11.9. The molecule has 2 rings (SSSR count). The van der Waals surface area contributed by atoms with Gasteiger partial charge in [0.25, 0.3) is 5.91 Å². The summed E-state index contributed by atoms with van der Waals surface area (Å²) in [7, 11) is 0. The Balaban J connectivity index is 2.28. The molecule has 4 nitrogen and oxygen atoms in total. The Morgan fingerprint density at radius 1 is 1.29 bits per heavy atom. The van der Waals surface area contributed by atoms with Gasteiger partial charge in [-0.2, -0.15) is 0 Å². The Morgan fingerprint density at radius 2 is 2.00 bits per heavy atom. The van der Waals surface area contributed by atoms with Gasteiger partial charge in [0.1, 0.15) is 9.76 Å². The van der Waals surface area contributed by atoms with Crippen molar-refractivity contribution in [1.82, 2.24) is 9.97 Å². The molecule has 0 radical (unpaired) electrons. The zero-order valence-corrected chi connectivity index (χ0v) is 14.3. The zero-order chi connectivity index (χ0) is 15.6. The van der Waals surface area contributed by atoms with Crippen LogP contribution in [0.2, 0.25) is 5.15 Å². The molecule has 0 saturated carbocycles. The fourth-order valence-electron chi connectivity index (χ4n) is 1.80. The van der Waals surface area contributed by atoms with Gasteiger partial charge < -0.3 is 5.32 Å². The molecule has 2 aromatic heterocycles. The predicted octanol–water partition coefficient (Wildman–Crippen LogP) is 4.58. The molecule has 0 aliphatic carbocycles. The average molecular weight is 369 g/mol. The highest BCUT2D eigenvalue weighted by Gasteiger charge is 2.12. The number of aryl methyl sites for hydroxylation is 1. The normalized spacial score (nSPS) is 10.8. The number of amides is 1. The summed E-state index contributed by atoms with van der Waals surface area (Å²) in [6, 6.07) is 6.90. The van der Waals surface area contributed by atoms with E-state index in [1.807, 2.05) is 20.8 Å². The van der Waals surface area contributed by atoms with Crippen LogP contribution in [-0.4, -0.2) is 15.9 Å². The number of nitrogens with zero attached hydrogens (tertiary/aromatic N) is 2. The van der Waals surface area contributed by atoms with Gasteiger partial charge in [-0.15, -0.1) is 0 Å². The minimum absolute atomic E-state index is 0.200. The summed E-state index contributed by atoms with van der Waals surface area (Å²) in [5, 5.41) is 3.16. The van der Waals surface area contributed by atoms with Gasteiger partial charge in [-0.1, -0.05) is 25.4 Å². The van der Waals surface area contributed by atoms with E-state index in [4.69, 9.17) is 11.6 Å². The van der Waals surface area contributed by atoms with E-state index in [0.29, 0.717) is 16.4 Å². The maximum absolute atomic E-state index is 12.3. The van der Waals surface area contributed by atoms with Crippen molar-refractivity contribution in [2.45, 2.75) is 26.7 Å². The van der Waals surface area contributed by atoms with Crippen LogP contribution in [0.4, 0.5) is 5.69 Å².